The average Bonchev–Trinajstić information content (AvgIpc) is 2.34. The van der Waals surface area contributed by atoms with Crippen molar-refractivity contribution in [2.24, 2.45) is 11.5 Å². The van der Waals surface area contributed by atoms with E-state index in [-0.39, 0.29) is 17.4 Å². The van der Waals surface area contributed by atoms with E-state index in [4.69, 9.17) is 11.5 Å². The normalized spacial score (nSPS) is 24.4. The number of piperidine rings is 1. The van der Waals surface area contributed by atoms with Gasteiger partial charge in [0.1, 0.15) is 5.82 Å². The Labute approximate surface area is 112 Å². The minimum Gasteiger partial charge on any atom is -0.366 e. The molecule has 0 saturated carbocycles. The Bertz CT molecular complexity index is 478. The van der Waals surface area contributed by atoms with E-state index in [1.165, 1.54) is 6.07 Å². The van der Waals surface area contributed by atoms with E-state index in [0.717, 1.165) is 19.4 Å². The number of hydrogen-bond acceptors (Lipinski definition) is 3. The molecule has 5 heteroatoms. The number of likely N-dealkylation sites (tertiary alicyclic amines) is 1. The Hall–Kier alpha value is -1.46. The van der Waals surface area contributed by atoms with Crippen LogP contribution in [-0.2, 0) is 6.54 Å². The molecule has 2 unspecified atom stereocenters. The minimum atomic E-state index is -0.609. The lowest BCUT2D eigenvalue weighted by molar-refractivity contribution is 0.0999. The van der Waals surface area contributed by atoms with Crippen LogP contribution in [0.5, 0.6) is 0 Å². The van der Waals surface area contributed by atoms with Crippen molar-refractivity contribution in [3.05, 3.63) is 35.1 Å². The maximum absolute atomic E-state index is 13.9. The van der Waals surface area contributed by atoms with Gasteiger partial charge in [0.25, 0.3) is 0 Å². The monoisotopic (exact) mass is 265 g/mol. The number of rotatable bonds is 3. The molecular weight excluding hydrogens is 245 g/mol. The first-order valence-electron chi connectivity index (χ1n) is 6.55. The number of amides is 1. The van der Waals surface area contributed by atoms with Gasteiger partial charge in [0.15, 0.2) is 0 Å². The zero-order valence-corrected chi connectivity index (χ0v) is 11.1. The molecule has 0 bridgehead atoms. The summed E-state index contributed by atoms with van der Waals surface area (Å²) in [7, 11) is 0. The Balaban J connectivity index is 2.09. The van der Waals surface area contributed by atoms with Crippen molar-refractivity contribution in [3.8, 4) is 0 Å². The fraction of sp³-hybridized carbons (Fsp3) is 0.500. The van der Waals surface area contributed by atoms with Crippen LogP contribution in [0.3, 0.4) is 0 Å². The molecule has 0 aromatic heterocycles. The predicted molar refractivity (Wildman–Crippen MR) is 72.0 cm³/mol. The minimum absolute atomic E-state index is 0.204. The zero-order chi connectivity index (χ0) is 14.0. The molecule has 0 aliphatic carbocycles. The SMILES string of the molecule is CC1CC(N)CCN1Cc1ccc(C(N)=O)cc1F. The van der Waals surface area contributed by atoms with Gasteiger partial charge in [0.2, 0.25) is 5.91 Å². The van der Waals surface area contributed by atoms with Gasteiger partial charge in [-0.05, 0) is 31.9 Å². The first-order chi connectivity index (χ1) is 8.97. The lowest BCUT2D eigenvalue weighted by atomic mass is 9.98. The van der Waals surface area contributed by atoms with Crippen LogP contribution in [0.2, 0.25) is 0 Å². The molecule has 4 N–H and O–H groups in total. The van der Waals surface area contributed by atoms with E-state index in [1.807, 2.05) is 0 Å². The highest BCUT2D eigenvalue weighted by Gasteiger charge is 2.23. The largest absolute Gasteiger partial charge is 0.366 e. The van der Waals surface area contributed by atoms with E-state index >= 15 is 0 Å². The molecule has 2 rings (SSSR count). The number of hydrogen-bond donors (Lipinski definition) is 2. The Morgan fingerprint density at radius 2 is 2.26 bits per heavy atom. The van der Waals surface area contributed by atoms with Crippen LogP contribution in [0.25, 0.3) is 0 Å². The molecule has 1 heterocycles. The van der Waals surface area contributed by atoms with Gasteiger partial charge in [-0.15, -0.1) is 0 Å². The molecule has 0 radical (unpaired) electrons. The molecular formula is C14H20FN3O. The Kier molecular flexibility index (Phi) is 4.17. The molecule has 1 aromatic carbocycles. The van der Waals surface area contributed by atoms with Crippen LogP contribution in [0.15, 0.2) is 18.2 Å². The summed E-state index contributed by atoms with van der Waals surface area (Å²) in [6.45, 7) is 3.52. The smallest absolute Gasteiger partial charge is 0.248 e. The third-order valence-electron chi connectivity index (χ3n) is 3.77. The van der Waals surface area contributed by atoms with Crippen molar-refractivity contribution >= 4 is 5.91 Å². The second-order valence-electron chi connectivity index (χ2n) is 5.27. The third-order valence-corrected chi connectivity index (χ3v) is 3.77. The summed E-state index contributed by atoms with van der Waals surface area (Å²) >= 11 is 0. The second-order valence-corrected chi connectivity index (χ2v) is 5.27. The third kappa shape index (κ3) is 3.30. The summed E-state index contributed by atoms with van der Waals surface area (Å²) in [6, 6.07) is 5.00. The lowest BCUT2D eigenvalue weighted by Gasteiger charge is -2.36. The number of nitrogens with two attached hydrogens (primary N) is 2. The topological polar surface area (TPSA) is 72.3 Å². The van der Waals surface area contributed by atoms with E-state index in [2.05, 4.69) is 11.8 Å². The van der Waals surface area contributed by atoms with Gasteiger partial charge in [-0.3, -0.25) is 9.69 Å². The number of halogens is 1. The van der Waals surface area contributed by atoms with Gasteiger partial charge in [-0.2, -0.15) is 0 Å². The van der Waals surface area contributed by atoms with Crippen LogP contribution in [0.4, 0.5) is 4.39 Å². The van der Waals surface area contributed by atoms with E-state index in [1.54, 1.807) is 12.1 Å². The average molecular weight is 265 g/mol. The first kappa shape index (κ1) is 14.0. The summed E-state index contributed by atoms with van der Waals surface area (Å²) in [5.41, 5.74) is 11.8. The van der Waals surface area contributed by atoms with E-state index in [0.29, 0.717) is 18.2 Å². The van der Waals surface area contributed by atoms with Crippen LogP contribution >= 0.6 is 0 Å². The summed E-state index contributed by atoms with van der Waals surface area (Å²) in [5.74, 6) is -0.985. The summed E-state index contributed by atoms with van der Waals surface area (Å²) in [5, 5.41) is 0. The molecule has 104 valence electrons. The van der Waals surface area contributed by atoms with Crippen molar-refractivity contribution in [3.63, 3.8) is 0 Å². The maximum Gasteiger partial charge on any atom is 0.248 e. The molecule has 1 aliphatic rings. The lowest BCUT2D eigenvalue weighted by Crippen LogP contribution is -2.45. The highest BCUT2D eigenvalue weighted by Crippen LogP contribution is 2.20. The van der Waals surface area contributed by atoms with Crippen LogP contribution in [0, 0.1) is 5.82 Å². The number of carbonyl (C=O) groups is 1. The standard InChI is InChI=1S/C14H20FN3O/c1-9-6-12(16)4-5-18(9)8-11-3-2-10(14(17)19)7-13(11)15/h2-3,7,9,12H,4-6,8,16H2,1H3,(H2,17,19). The van der Waals surface area contributed by atoms with Crippen molar-refractivity contribution in [2.75, 3.05) is 6.54 Å². The molecule has 0 spiro atoms. The van der Waals surface area contributed by atoms with Gasteiger partial charge >= 0.3 is 0 Å². The van der Waals surface area contributed by atoms with Crippen LogP contribution in [-0.4, -0.2) is 29.4 Å². The van der Waals surface area contributed by atoms with Gasteiger partial charge in [0.05, 0.1) is 0 Å². The van der Waals surface area contributed by atoms with Crippen molar-refractivity contribution in [1.29, 1.82) is 0 Å². The van der Waals surface area contributed by atoms with Crippen LogP contribution in [0.1, 0.15) is 35.7 Å². The second kappa shape index (κ2) is 5.67. The van der Waals surface area contributed by atoms with Crippen molar-refractivity contribution in [2.45, 2.75) is 38.4 Å². The van der Waals surface area contributed by atoms with Gasteiger partial charge in [0, 0.05) is 36.3 Å². The Morgan fingerprint density at radius 1 is 1.53 bits per heavy atom. The highest BCUT2D eigenvalue weighted by atomic mass is 19.1. The molecule has 2 atom stereocenters. The van der Waals surface area contributed by atoms with Crippen LogP contribution < -0.4 is 11.5 Å². The van der Waals surface area contributed by atoms with Gasteiger partial charge < -0.3 is 11.5 Å². The summed E-state index contributed by atoms with van der Waals surface area (Å²) < 4.78 is 13.9. The maximum atomic E-state index is 13.9. The fourth-order valence-corrected chi connectivity index (χ4v) is 2.54. The number of carbonyl (C=O) groups excluding carboxylic acids is 1. The molecule has 1 fully saturated rings. The predicted octanol–water partition coefficient (Wildman–Crippen LogP) is 1.24. The molecule has 4 nitrogen and oxygen atoms in total. The first-order valence-corrected chi connectivity index (χ1v) is 6.55. The summed E-state index contributed by atoms with van der Waals surface area (Å²) in [6.07, 6.45) is 1.87. The molecule has 1 aromatic rings. The number of primary amides is 1. The van der Waals surface area contributed by atoms with E-state index in [9.17, 15) is 9.18 Å². The molecule has 19 heavy (non-hydrogen) atoms. The van der Waals surface area contributed by atoms with Gasteiger partial charge in [-0.1, -0.05) is 6.07 Å². The zero-order valence-electron chi connectivity index (χ0n) is 11.1. The molecule has 1 saturated heterocycles. The molecule has 1 amide bonds. The fourth-order valence-electron chi connectivity index (χ4n) is 2.54. The van der Waals surface area contributed by atoms with E-state index < -0.39 is 5.91 Å². The Morgan fingerprint density at radius 3 is 2.84 bits per heavy atom. The van der Waals surface area contributed by atoms with Gasteiger partial charge in [-0.25, -0.2) is 4.39 Å². The number of benzene rings is 1. The highest BCUT2D eigenvalue weighted by molar-refractivity contribution is 5.92. The van der Waals surface area contributed by atoms with Crippen molar-refractivity contribution < 1.29 is 9.18 Å². The number of nitrogens with zero attached hydrogens (tertiary/aromatic N) is 1. The van der Waals surface area contributed by atoms with Crippen molar-refractivity contribution in [1.82, 2.24) is 4.90 Å². The molecule has 1 aliphatic heterocycles. The summed E-state index contributed by atoms with van der Waals surface area (Å²) in [4.78, 5) is 13.2. The quantitative estimate of drug-likeness (QED) is 0.863.